The molecule has 0 aliphatic heterocycles. The second kappa shape index (κ2) is 4.63. The lowest BCUT2D eigenvalue weighted by atomic mass is 9.80. The molecule has 0 spiro atoms. The smallest absolute Gasteiger partial charge is 0.133 e. The molecular weight excluding hydrogens is 210 g/mol. The minimum absolute atomic E-state index is 0.560. The summed E-state index contributed by atoms with van der Waals surface area (Å²) in [4.78, 5) is 8.87. The van der Waals surface area contributed by atoms with Crippen molar-refractivity contribution in [3.63, 3.8) is 0 Å². The predicted octanol–water partition coefficient (Wildman–Crippen LogP) is 2.96. The highest BCUT2D eigenvalue weighted by Gasteiger charge is 2.25. The molecule has 3 heteroatoms. The van der Waals surface area contributed by atoms with Gasteiger partial charge < -0.3 is 5.32 Å². The molecular formula is C14H21N3. The van der Waals surface area contributed by atoms with Gasteiger partial charge in [0.15, 0.2) is 0 Å². The van der Waals surface area contributed by atoms with Gasteiger partial charge in [0.25, 0.3) is 0 Å². The largest absolute Gasteiger partial charge is 0.367 e. The van der Waals surface area contributed by atoms with E-state index in [1.807, 2.05) is 0 Å². The van der Waals surface area contributed by atoms with Gasteiger partial charge in [0.05, 0.1) is 0 Å². The molecule has 1 saturated carbocycles. The van der Waals surface area contributed by atoms with Crippen LogP contribution in [0.3, 0.4) is 0 Å². The number of hydrogen-bond acceptors (Lipinski definition) is 3. The first-order chi connectivity index (χ1) is 8.34. The van der Waals surface area contributed by atoms with Gasteiger partial charge in [-0.05, 0) is 51.4 Å². The van der Waals surface area contributed by atoms with Gasteiger partial charge in [-0.3, -0.25) is 0 Å². The molecule has 1 heterocycles. The molecule has 1 fully saturated rings. The van der Waals surface area contributed by atoms with Crippen LogP contribution in [0.2, 0.25) is 0 Å². The van der Waals surface area contributed by atoms with Crippen LogP contribution in [-0.2, 0) is 12.8 Å². The second-order valence-electron chi connectivity index (χ2n) is 5.48. The quantitative estimate of drug-likeness (QED) is 0.869. The van der Waals surface area contributed by atoms with E-state index in [2.05, 4.69) is 22.2 Å². The Morgan fingerprint density at radius 2 is 2.00 bits per heavy atom. The van der Waals surface area contributed by atoms with E-state index < -0.39 is 0 Å². The van der Waals surface area contributed by atoms with Crippen LogP contribution in [0.25, 0.3) is 0 Å². The fourth-order valence-corrected chi connectivity index (χ4v) is 2.92. The average molecular weight is 231 g/mol. The number of hydrogen-bond donors (Lipinski definition) is 1. The van der Waals surface area contributed by atoms with Gasteiger partial charge in [-0.15, -0.1) is 0 Å². The van der Waals surface area contributed by atoms with E-state index in [4.69, 9.17) is 0 Å². The molecule has 1 aromatic heterocycles. The summed E-state index contributed by atoms with van der Waals surface area (Å²) in [5.41, 5.74) is 2.65. The van der Waals surface area contributed by atoms with Gasteiger partial charge >= 0.3 is 0 Å². The summed E-state index contributed by atoms with van der Waals surface area (Å²) in [5.74, 6) is 1.96. The van der Waals surface area contributed by atoms with Crippen LogP contribution in [0.4, 0.5) is 5.82 Å². The number of aryl methyl sites for hydroxylation is 1. The van der Waals surface area contributed by atoms with Gasteiger partial charge in [-0.25, -0.2) is 9.97 Å². The molecule has 1 unspecified atom stereocenters. The molecule has 0 bridgehead atoms. The number of nitrogens with zero attached hydrogens (tertiary/aromatic N) is 2. The zero-order chi connectivity index (χ0) is 11.7. The fraction of sp³-hybridized carbons (Fsp3) is 0.714. The summed E-state index contributed by atoms with van der Waals surface area (Å²) in [7, 11) is 0. The number of rotatable bonds is 3. The Labute approximate surface area is 103 Å². The maximum absolute atomic E-state index is 4.45. The summed E-state index contributed by atoms with van der Waals surface area (Å²) in [6, 6.07) is 0.560. The van der Waals surface area contributed by atoms with E-state index in [-0.39, 0.29) is 0 Å². The molecule has 1 aromatic rings. The van der Waals surface area contributed by atoms with E-state index >= 15 is 0 Å². The first-order valence-electron chi connectivity index (χ1n) is 6.94. The highest BCUT2D eigenvalue weighted by molar-refractivity contribution is 5.47. The Balaban J connectivity index is 1.77. The van der Waals surface area contributed by atoms with Crippen molar-refractivity contribution in [2.24, 2.45) is 5.92 Å². The van der Waals surface area contributed by atoms with Crippen molar-refractivity contribution in [3.05, 3.63) is 17.6 Å². The van der Waals surface area contributed by atoms with E-state index in [9.17, 15) is 0 Å². The highest BCUT2D eigenvalue weighted by Crippen LogP contribution is 2.32. The molecule has 1 atom stereocenters. The van der Waals surface area contributed by atoms with Crippen molar-refractivity contribution in [1.82, 2.24) is 9.97 Å². The van der Waals surface area contributed by atoms with Crippen LogP contribution in [0.1, 0.15) is 50.3 Å². The predicted molar refractivity (Wildman–Crippen MR) is 69.1 cm³/mol. The molecule has 0 radical (unpaired) electrons. The molecule has 17 heavy (non-hydrogen) atoms. The molecule has 1 N–H and O–H groups in total. The van der Waals surface area contributed by atoms with Crippen molar-refractivity contribution in [2.45, 2.75) is 57.9 Å². The molecule has 3 nitrogen and oxygen atoms in total. The standard InChI is InChI=1S/C14H21N3/c1-10(11-5-4-6-11)17-14-12-7-2-3-8-13(12)15-9-16-14/h9-11H,2-8H2,1H3,(H,15,16,17). The summed E-state index contributed by atoms with van der Waals surface area (Å²) < 4.78 is 0. The lowest BCUT2D eigenvalue weighted by Gasteiger charge is -2.33. The minimum atomic E-state index is 0.560. The number of nitrogens with one attached hydrogen (secondary N) is 1. The lowest BCUT2D eigenvalue weighted by Crippen LogP contribution is -2.31. The van der Waals surface area contributed by atoms with E-state index in [1.54, 1.807) is 6.33 Å². The molecule has 92 valence electrons. The topological polar surface area (TPSA) is 37.8 Å². The van der Waals surface area contributed by atoms with E-state index in [0.717, 1.165) is 24.6 Å². The van der Waals surface area contributed by atoms with Crippen LogP contribution < -0.4 is 5.32 Å². The van der Waals surface area contributed by atoms with Gasteiger partial charge in [0, 0.05) is 17.3 Å². The highest BCUT2D eigenvalue weighted by atomic mass is 15.0. The minimum Gasteiger partial charge on any atom is -0.367 e. The third-order valence-electron chi connectivity index (χ3n) is 4.35. The van der Waals surface area contributed by atoms with Crippen LogP contribution in [0.15, 0.2) is 6.33 Å². The second-order valence-corrected chi connectivity index (χ2v) is 5.48. The average Bonchev–Trinajstić information content (AvgIpc) is 2.27. The number of aromatic nitrogens is 2. The van der Waals surface area contributed by atoms with E-state index in [0.29, 0.717) is 6.04 Å². The van der Waals surface area contributed by atoms with Crippen LogP contribution in [-0.4, -0.2) is 16.0 Å². The SMILES string of the molecule is CC(Nc1ncnc2c1CCCC2)C1CCC1. The Hall–Kier alpha value is -1.12. The zero-order valence-corrected chi connectivity index (χ0v) is 10.6. The number of fused-ring (bicyclic) bond motifs is 1. The molecule has 0 saturated heterocycles. The summed E-state index contributed by atoms with van der Waals surface area (Å²) in [5, 5.41) is 3.62. The van der Waals surface area contributed by atoms with E-state index in [1.165, 1.54) is 43.4 Å². The Kier molecular flexibility index (Phi) is 3.00. The van der Waals surface area contributed by atoms with Gasteiger partial charge in [0.1, 0.15) is 12.1 Å². The Bertz CT molecular complexity index is 398. The van der Waals surface area contributed by atoms with Crippen LogP contribution >= 0.6 is 0 Å². The van der Waals surface area contributed by atoms with Crippen molar-refractivity contribution < 1.29 is 0 Å². The molecule has 0 amide bonds. The van der Waals surface area contributed by atoms with Gasteiger partial charge in [-0.1, -0.05) is 6.42 Å². The van der Waals surface area contributed by atoms with Crippen LogP contribution in [0.5, 0.6) is 0 Å². The monoisotopic (exact) mass is 231 g/mol. The summed E-state index contributed by atoms with van der Waals surface area (Å²) >= 11 is 0. The number of anilines is 1. The maximum Gasteiger partial charge on any atom is 0.133 e. The Morgan fingerprint density at radius 3 is 2.76 bits per heavy atom. The first-order valence-corrected chi connectivity index (χ1v) is 6.94. The molecule has 2 aliphatic rings. The fourth-order valence-electron chi connectivity index (χ4n) is 2.92. The maximum atomic E-state index is 4.45. The molecule has 3 rings (SSSR count). The van der Waals surface area contributed by atoms with Gasteiger partial charge in [0.2, 0.25) is 0 Å². The third-order valence-corrected chi connectivity index (χ3v) is 4.35. The summed E-state index contributed by atoms with van der Waals surface area (Å²) in [6.45, 7) is 2.29. The van der Waals surface area contributed by atoms with Crippen molar-refractivity contribution in [1.29, 1.82) is 0 Å². The lowest BCUT2D eigenvalue weighted by molar-refractivity contribution is 0.284. The normalized spacial score (nSPS) is 21.5. The van der Waals surface area contributed by atoms with Crippen molar-refractivity contribution in [3.8, 4) is 0 Å². The van der Waals surface area contributed by atoms with Crippen molar-refractivity contribution in [2.75, 3.05) is 5.32 Å². The van der Waals surface area contributed by atoms with Gasteiger partial charge in [-0.2, -0.15) is 0 Å². The third kappa shape index (κ3) is 2.15. The zero-order valence-electron chi connectivity index (χ0n) is 10.6. The molecule has 0 aromatic carbocycles. The van der Waals surface area contributed by atoms with Crippen molar-refractivity contribution >= 4 is 5.82 Å². The Morgan fingerprint density at radius 1 is 1.18 bits per heavy atom. The first kappa shape index (κ1) is 11.0. The summed E-state index contributed by atoms with van der Waals surface area (Å²) in [6.07, 6.45) is 10.7. The molecule has 2 aliphatic carbocycles. The van der Waals surface area contributed by atoms with Crippen LogP contribution in [0, 0.1) is 5.92 Å².